The van der Waals surface area contributed by atoms with Crippen molar-refractivity contribution in [1.82, 2.24) is 0 Å². The Balaban J connectivity index is 4.10. The number of hydrogen-bond donors (Lipinski definition) is 0. The van der Waals surface area contributed by atoms with Gasteiger partial charge in [-0.2, -0.15) is 0 Å². The fraction of sp³-hybridized carbons (Fsp3) is 1.00. The van der Waals surface area contributed by atoms with Gasteiger partial charge in [-0.25, -0.2) is 0 Å². The summed E-state index contributed by atoms with van der Waals surface area (Å²) in [4.78, 5) is 0. The van der Waals surface area contributed by atoms with Crippen molar-refractivity contribution in [3.63, 3.8) is 0 Å². The number of rotatable bonds is 7. The Labute approximate surface area is 93.0 Å². The molecule has 0 saturated heterocycles. The Kier molecular flexibility index (Phi) is 7.38. The fourth-order valence-electron chi connectivity index (χ4n) is 0.791. The van der Waals surface area contributed by atoms with Gasteiger partial charge in [-0.05, 0) is 18.7 Å². The molecule has 0 aliphatic heterocycles. The molecule has 2 atom stereocenters. The lowest BCUT2D eigenvalue weighted by Crippen LogP contribution is -2.17. The summed E-state index contributed by atoms with van der Waals surface area (Å²) < 4.78 is 26.5. The van der Waals surface area contributed by atoms with E-state index in [0.717, 1.165) is 0 Å². The second kappa shape index (κ2) is 7.04. The molecule has 14 heavy (non-hydrogen) atoms. The minimum absolute atomic E-state index is 0.207. The molecule has 4 nitrogen and oxygen atoms in total. The average molecular weight is 260 g/mol. The zero-order valence-corrected chi connectivity index (χ0v) is 11.4. The maximum absolute atomic E-state index is 11.2. The van der Waals surface area contributed by atoms with Gasteiger partial charge in [-0.1, -0.05) is 6.92 Å². The summed E-state index contributed by atoms with van der Waals surface area (Å²) in [5.41, 5.74) is 0. The van der Waals surface area contributed by atoms with Crippen molar-refractivity contribution in [3.05, 3.63) is 0 Å². The Morgan fingerprint density at radius 1 is 1.43 bits per heavy atom. The third-order valence-corrected chi connectivity index (χ3v) is 5.65. The first kappa shape index (κ1) is 14.7. The molecule has 1 unspecified atom stereocenters. The molecule has 7 heteroatoms. The van der Waals surface area contributed by atoms with Gasteiger partial charge in [0.15, 0.2) is 0 Å². The molecule has 0 N–H and O–H groups in total. The van der Waals surface area contributed by atoms with Crippen LogP contribution < -0.4 is 0 Å². The molecule has 0 spiro atoms. The molecule has 0 bridgehead atoms. The van der Waals surface area contributed by atoms with Crippen LogP contribution in [0.4, 0.5) is 0 Å². The molecule has 0 rings (SSSR count). The molecule has 0 aromatic carbocycles. The molecule has 0 aliphatic carbocycles. The summed E-state index contributed by atoms with van der Waals surface area (Å²) in [6, 6.07) is 0. The third-order valence-electron chi connectivity index (χ3n) is 1.50. The van der Waals surface area contributed by atoms with E-state index in [1.165, 1.54) is 14.2 Å². The van der Waals surface area contributed by atoms with Gasteiger partial charge in [-0.3, -0.25) is 4.21 Å². The van der Waals surface area contributed by atoms with Gasteiger partial charge >= 0.3 is 6.72 Å². The summed E-state index contributed by atoms with van der Waals surface area (Å²) >= 11 is 5.02. The maximum Gasteiger partial charge on any atom is 0.326 e. The van der Waals surface area contributed by atoms with Gasteiger partial charge in [0.2, 0.25) is 0 Å². The minimum atomic E-state index is -2.61. The molecule has 0 fully saturated rings. The smallest absolute Gasteiger partial charge is 0.312 e. The van der Waals surface area contributed by atoms with Crippen molar-refractivity contribution >= 4 is 29.3 Å². The highest BCUT2D eigenvalue weighted by Crippen LogP contribution is 2.49. The molecule has 0 amide bonds. The molecule has 0 heterocycles. The lowest BCUT2D eigenvalue weighted by molar-refractivity contribution is 0.166. The van der Waals surface area contributed by atoms with Crippen LogP contribution in [0.2, 0.25) is 0 Å². The highest BCUT2D eigenvalue weighted by atomic mass is 32.5. The SMILES string of the molecule is CC[S@](=O)CC(C)OP(=S)(OC)OC. The highest BCUT2D eigenvalue weighted by molar-refractivity contribution is 8.07. The van der Waals surface area contributed by atoms with E-state index in [1.54, 1.807) is 0 Å². The predicted octanol–water partition coefficient (Wildman–Crippen LogP) is 1.68. The van der Waals surface area contributed by atoms with Crippen LogP contribution in [-0.4, -0.2) is 36.0 Å². The van der Waals surface area contributed by atoms with Gasteiger partial charge in [0.25, 0.3) is 0 Å². The first-order valence-corrected chi connectivity index (χ1v) is 8.26. The summed E-state index contributed by atoms with van der Waals surface area (Å²) in [5.74, 6) is 1.08. The third kappa shape index (κ3) is 5.53. The van der Waals surface area contributed by atoms with Gasteiger partial charge in [-0.15, -0.1) is 0 Å². The zero-order valence-electron chi connectivity index (χ0n) is 8.89. The van der Waals surface area contributed by atoms with Crippen molar-refractivity contribution in [3.8, 4) is 0 Å². The molecular weight excluding hydrogens is 243 g/mol. The zero-order chi connectivity index (χ0) is 11.2. The summed E-state index contributed by atoms with van der Waals surface area (Å²) in [7, 11) is 2.04. The quantitative estimate of drug-likeness (QED) is 0.652. The van der Waals surface area contributed by atoms with Crippen LogP contribution in [0.5, 0.6) is 0 Å². The second-order valence-corrected chi connectivity index (χ2v) is 7.59. The van der Waals surface area contributed by atoms with E-state index in [2.05, 4.69) is 0 Å². The van der Waals surface area contributed by atoms with Gasteiger partial charge in [0.05, 0.1) is 11.9 Å². The van der Waals surface area contributed by atoms with Crippen molar-refractivity contribution in [1.29, 1.82) is 0 Å². The topological polar surface area (TPSA) is 44.8 Å². The average Bonchev–Trinajstić information content (AvgIpc) is 2.17. The fourth-order valence-corrected chi connectivity index (χ4v) is 3.00. The van der Waals surface area contributed by atoms with E-state index in [9.17, 15) is 4.21 Å². The normalized spacial score (nSPS) is 16.6. The molecule has 0 aromatic rings. The van der Waals surface area contributed by atoms with E-state index in [-0.39, 0.29) is 6.10 Å². The van der Waals surface area contributed by atoms with Crippen LogP contribution in [-0.2, 0) is 36.2 Å². The monoisotopic (exact) mass is 260 g/mol. The van der Waals surface area contributed by atoms with E-state index >= 15 is 0 Å². The molecule has 0 aliphatic rings. The Bertz CT molecular complexity index is 226. The summed E-state index contributed by atoms with van der Waals surface area (Å²) in [6.45, 7) is 1.07. The van der Waals surface area contributed by atoms with Crippen LogP contribution in [0.15, 0.2) is 0 Å². The van der Waals surface area contributed by atoms with Crippen LogP contribution in [0, 0.1) is 0 Å². The number of hydrogen-bond acceptors (Lipinski definition) is 5. The Morgan fingerprint density at radius 2 is 1.93 bits per heavy atom. The standard InChI is InChI=1S/C7H17O4PS2/c1-5-14(8)6-7(2)11-12(13,9-3)10-4/h7H,5-6H2,1-4H3/t7?,14-/m0/s1. The lowest BCUT2D eigenvalue weighted by atomic mass is 10.5. The van der Waals surface area contributed by atoms with E-state index in [0.29, 0.717) is 11.5 Å². The highest BCUT2D eigenvalue weighted by Gasteiger charge is 2.21. The summed E-state index contributed by atoms with van der Waals surface area (Å²) in [5, 5.41) is 0. The molecule has 0 saturated carbocycles. The van der Waals surface area contributed by atoms with Crippen molar-refractivity contribution in [2.45, 2.75) is 20.0 Å². The Hall–Kier alpha value is 0.680. The van der Waals surface area contributed by atoms with E-state index < -0.39 is 17.5 Å². The van der Waals surface area contributed by atoms with Crippen molar-refractivity contribution in [2.75, 3.05) is 25.7 Å². The minimum Gasteiger partial charge on any atom is -0.312 e. The largest absolute Gasteiger partial charge is 0.326 e. The predicted molar refractivity (Wildman–Crippen MR) is 62.4 cm³/mol. The Morgan fingerprint density at radius 3 is 2.29 bits per heavy atom. The van der Waals surface area contributed by atoms with Crippen LogP contribution >= 0.6 is 6.72 Å². The molecule has 0 radical (unpaired) electrons. The summed E-state index contributed by atoms with van der Waals surface area (Å²) in [6.07, 6.45) is -0.207. The van der Waals surface area contributed by atoms with Crippen LogP contribution in [0.3, 0.4) is 0 Å². The van der Waals surface area contributed by atoms with Gasteiger partial charge < -0.3 is 13.6 Å². The lowest BCUT2D eigenvalue weighted by Gasteiger charge is -2.21. The van der Waals surface area contributed by atoms with Crippen LogP contribution in [0.25, 0.3) is 0 Å². The van der Waals surface area contributed by atoms with Crippen LogP contribution in [0.1, 0.15) is 13.8 Å². The first-order chi connectivity index (χ1) is 6.47. The molecular formula is C7H17O4PS2. The van der Waals surface area contributed by atoms with Crippen molar-refractivity contribution in [2.24, 2.45) is 0 Å². The maximum atomic E-state index is 11.2. The van der Waals surface area contributed by atoms with Gasteiger partial charge in [0, 0.05) is 30.8 Å². The van der Waals surface area contributed by atoms with E-state index in [1.807, 2.05) is 13.8 Å². The van der Waals surface area contributed by atoms with E-state index in [4.69, 9.17) is 25.4 Å². The van der Waals surface area contributed by atoms with Crippen molar-refractivity contribution < 1.29 is 17.8 Å². The molecule has 86 valence electrons. The second-order valence-electron chi connectivity index (χ2n) is 2.62. The van der Waals surface area contributed by atoms with Gasteiger partial charge in [0.1, 0.15) is 0 Å². The molecule has 0 aromatic heterocycles. The first-order valence-electron chi connectivity index (χ1n) is 4.22.